The fourth-order valence-corrected chi connectivity index (χ4v) is 2.29. The summed E-state index contributed by atoms with van der Waals surface area (Å²) in [7, 11) is 0. The van der Waals surface area contributed by atoms with Gasteiger partial charge in [0.05, 0.1) is 0 Å². The minimum absolute atomic E-state index is 0.125. The molecule has 1 unspecified atom stereocenters. The summed E-state index contributed by atoms with van der Waals surface area (Å²) in [6.45, 7) is 8.89. The molecule has 1 aromatic heterocycles. The van der Waals surface area contributed by atoms with E-state index in [1.54, 1.807) is 6.07 Å². The number of nitrogens with one attached hydrogen (secondary N) is 1. The molecule has 0 aliphatic heterocycles. The monoisotopic (exact) mass is 312 g/mol. The van der Waals surface area contributed by atoms with Crippen molar-refractivity contribution in [2.45, 2.75) is 40.2 Å². The second-order valence-electron chi connectivity index (χ2n) is 5.63. The van der Waals surface area contributed by atoms with E-state index in [1.165, 1.54) is 11.9 Å². The highest BCUT2D eigenvalue weighted by molar-refractivity contribution is 5.93. The van der Waals surface area contributed by atoms with Gasteiger partial charge in [0.2, 0.25) is 0 Å². The van der Waals surface area contributed by atoms with Crippen molar-refractivity contribution in [1.82, 2.24) is 15.3 Å². The molecular formula is C18H24N4O. The number of anilines is 2. The van der Waals surface area contributed by atoms with E-state index >= 15 is 0 Å². The molecular weight excluding hydrogens is 288 g/mol. The van der Waals surface area contributed by atoms with Gasteiger partial charge in [-0.3, -0.25) is 4.79 Å². The quantitative estimate of drug-likeness (QED) is 0.887. The van der Waals surface area contributed by atoms with E-state index in [1.807, 2.05) is 26.0 Å². The Morgan fingerprint density at radius 3 is 2.70 bits per heavy atom. The predicted octanol–water partition coefficient (Wildman–Crippen LogP) is 3.47. The molecule has 0 aliphatic carbocycles. The summed E-state index contributed by atoms with van der Waals surface area (Å²) in [6.07, 6.45) is 2.33. The molecule has 0 bridgehead atoms. The molecule has 0 radical (unpaired) electrons. The van der Waals surface area contributed by atoms with Crippen LogP contribution in [0.15, 0.2) is 36.7 Å². The minimum atomic E-state index is -0.164. The summed E-state index contributed by atoms with van der Waals surface area (Å²) >= 11 is 0. The third kappa shape index (κ3) is 4.28. The lowest BCUT2D eigenvalue weighted by Gasteiger charge is -2.22. The maximum Gasteiger partial charge on any atom is 0.270 e. The van der Waals surface area contributed by atoms with Gasteiger partial charge in [0.1, 0.15) is 17.8 Å². The molecule has 122 valence electrons. The number of benzene rings is 1. The van der Waals surface area contributed by atoms with E-state index in [0.717, 1.165) is 24.5 Å². The van der Waals surface area contributed by atoms with Gasteiger partial charge in [0.25, 0.3) is 5.91 Å². The number of carbonyl (C=O) groups excluding carboxylic acids is 1. The Bertz CT molecular complexity index is 672. The summed E-state index contributed by atoms with van der Waals surface area (Å²) in [5, 5.41) is 2.93. The standard InChI is InChI=1S/C18H24N4O/c1-5-14(4)21-18(23)16-11-17(20-12-19-16)22(6-2)15-9-7-8-13(3)10-15/h7-12,14H,5-6H2,1-4H3,(H,21,23). The number of hydrogen-bond acceptors (Lipinski definition) is 4. The first-order valence-corrected chi connectivity index (χ1v) is 8.02. The highest BCUT2D eigenvalue weighted by atomic mass is 16.1. The van der Waals surface area contributed by atoms with E-state index in [2.05, 4.69) is 46.2 Å². The number of amides is 1. The molecule has 0 fully saturated rings. The van der Waals surface area contributed by atoms with Crippen LogP contribution in [0, 0.1) is 6.92 Å². The van der Waals surface area contributed by atoms with Gasteiger partial charge in [-0.2, -0.15) is 0 Å². The van der Waals surface area contributed by atoms with Crippen molar-refractivity contribution >= 4 is 17.4 Å². The van der Waals surface area contributed by atoms with Gasteiger partial charge in [0, 0.05) is 24.3 Å². The van der Waals surface area contributed by atoms with E-state index < -0.39 is 0 Å². The fourth-order valence-electron chi connectivity index (χ4n) is 2.29. The van der Waals surface area contributed by atoms with Crippen molar-refractivity contribution in [2.75, 3.05) is 11.4 Å². The molecule has 1 atom stereocenters. The highest BCUT2D eigenvalue weighted by Gasteiger charge is 2.14. The average Bonchev–Trinajstić information content (AvgIpc) is 2.56. The molecule has 23 heavy (non-hydrogen) atoms. The number of aryl methyl sites for hydroxylation is 1. The first-order valence-electron chi connectivity index (χ1n) is 8.02. The molecule has 0 saturated heterocycles. The normalized spacial score (nSPS) is 11.8. The van der Waals surface area contributed by atoms with Crippen molar-refractivity contribution in [3.63, 3.8) is 0 Å². The van der Waals surface area contributed by atoms with Gasteiger partial charge in [-0.25, -0.2) is 9.97 Å². The number of aromatic nitrogens is 2. The minimum Gasteiger partial charge on any atom is -0.348 e. The maximum absolute atomic E-state index is 12.2. The summed E-state index contributed by atoms with van der Waals surface area (Å²) in [5.41, 5.74) is 2.63. The van der Waals surface area contributed by atoms with Crippen molar-refractivity contribution in [2.24, 2.45) is 0 Å². The lowest BCUT2D eigenvalue weighted by atomic mass is 10.2. The van der Waals surface area contributed by atoms with Crippen LogP contribution in [-0.2, 0) is 0 Å². The second-order valence-corrected chi connectivity index (χ2v) is 5.63. The molecule has 1 aromatic carbocycles. The van der Waals surface area contributed by atoms with Crippen LogP contribution in [0.2, 0.25) is 0 Å². The zero-order valence-electron chi connectivity index (χ0n) is 14.2. The average molecular weight is 312 g/mol. The number of carbonyl (C=O) groups is 1. The van der Waals surface area contributed by atoms with Gasteiger partial charge < -0.3 is 10.2 Å². The van der Waals surface area contributed by atoms with Crippen molar-refractivity contribution in [3.8, 4) is 0 Å². The Balaban J connectivity index is 2.28. The SMILES string of the molecule is CCC(C)NC(=O)c1cc(N(CC)c2cccc(C)c2)ncn1. The Morgan fingerprint density at radius 1 is 1.26 bits per heavy atom. The van der Waals surface area contributed by atoms with Crippen LogP contribution in [0.4, 0.5) is 11.5 Å². The first-order chi connectivity index (χ1) is 11.0. The Labute approximate surface area is 137 Å². The molecule has 5 heteroatoms. The maximum atomic E-state index is 12.2. The smallest absolute Gasteiger partial charge is 0.270 e. The van der Waals surface area contributed by atoms with Crippen LogP contribution in [-0.4, -0.2) is 28.5 Å². The van der Waals surface area contributed by atoms with Crippen molar-refractivity contribution in [1.29, 1.82) is 0 Å². The predicted molar refractivity (Wildman–Crippen MR) is 93.1 cm³/mol. The lowest BCUT2D eigenvalue weighted by molar-refractivity contribution is 0.0934. The summed E-state index contributed by atoms with van der Waals surface area (Å²) in [5.74, 6) is 0.561. The molecule has 1 heterocycles. The van der Waals surface area contributed by atoms with Crippen LogP contribution >= 0.6 is 0 Å². The molecule has 0 saturated carbocycles. The third-order valence-corrected chi connectivity index (χ3v) is 3.78. The molecule has 0 aliphatic rings. The van der Waals surface area contributed by atoms with Crippen LogP contribution in [0.3, 0.4) is 0 Å². The Morgan fingerprint density at radius 2 is 2.04 bits per heavy atom. The van der Waals surface area contributed by atoms with E-state index in [-0.39, 0.29) is 11.9 Å². The van der Waals surface area contributed by atoms with Crippen LogP contribution in [0.5, 0.6) is 0 Å². The van der Waals surface area contributed by atoms with Crippen LogP contribution in [0.1, 0.15) is 43.2 Å². The molecule has 0 spiro atoms. The van der Waals surface area contributed by atoms with Gasteiger partial charge in [0.15, 0.2) is 0 Å². The zero-order valence-corrected chi connectivity index (χ0v) is 14.2. The molecule has 1 amide bonds. The molecule has 2 aromatic rings. The van der Waals surface area contributed by atoms with E-state index in [0.29, 0.717) is 5.69 Å². The van der Waals surface area contributed by atoms with Gasteiger partial charge in [-0.05, 0) is 44.9 Å². The van der Waals surface area contributed by atoms with Crippen LogP contribution < -0.4 is 10.2 Å². The third-order valence-electron chi connectivity index (χ3n) is 3.78. The van der Waals surface area contributed by atoms with Crippen molar-refractivity contribution < 1.29 is 4.79 Å². The summed E-state index contributed by atoms with van der Waals surface area (Å²) in [6, 6.07) is 10.1. The van der Waals surface area contributed by atoms with E-state index in [4.69, 9.17) is 0 Å². The number of rotatable bonds is 6. The topological polar surface area (TPSA) is 58.1 Å². The largest absolute Gasteiger partial charge is 0.348 e. The fraction of sp³-hybridized carbons (Fsp3) is 0.389. The van der Waals surface area contributed by atoms with Gasteiger partial charge >= 0.3 is 0 Å². The van der Waals surface area contributed by atoms with Crippen molar-refractivity contribution in [3.05, 3.63) is 47.9 Å². The summed E-state index contributed by atoms with van der Waals surface area (Å²) < 4.78 is 0. The Hall–Kier alpha value is -2.43. The second kappa shape index (κ2) is 7.72. The summed E-state index contributed by atoms with van der Waals surface area (Å²) in [4.78, 5) is 22.7. The van der Waals surface area contributed by atoms with E-state index in [9.17, 15) is 4.79 Å². The zero-order chi connectivity index (χ0) is 16.8. The van der Waals surface area contributed by atoms with Gasteiger partial charge in [-0.15, -0.1) is 0 Å². The molecule has 1 N–H and O–H groups in total. The number of hydrogen-bond donors (Lipinski definition) is 1. The van der Waals surface area contributed by atoms with Crippen LogP contribution in [0.25, 0.3) is 0 Å². The highest BCUT2D eigenvalue weighted by Crippen LogP contribution is 2.24. The lowest BCUT2D eigenvalue weighted by Crippen LogP contribution is -2.32. The number of nitrogens with zero attached hydrogens (tertiary/aromatic N) is 3. The molecule has 5 nitrogen and oxygen atoms in total. The molecule has 2 rings (SSSR count). The van der Waals surface area contributed by atoms with Gasteiger partial charge in [-0.1, -0.05) is 19.1 Å². The first kappa shape index (κ1) is 16.9. The Kier molecular flexibility index (Phi) is 5.68.